The summed E-state index contributed by atoms with van der Waals surface area (Å²) in [6.07, 6.45) is 3.73. The quantitative estimate of drug-likeness (QED) is 0.159. The molecule has 8 aromatic carbocycles. The molecule has 0 bridgehead atoms. The molecule has 9 heteroatoms. The minimum Gasteiger partial charge on any atom is -0.307 e. The molecule has 9 nitrogen and oxygen atoms in total. The molecule has 0 aliphatic heterocycles. The van der Waals surface area contributed by atoms with Crippen LogP contribution in [0.4, 0.5) is 0 Å². The van der Waals surface area contributed by atoms with Crippen molar-refractivity contribution in [3.63, 3.8) is 0 Å². The molecule has 0 atom stereocenters. The summed E-state index contributed by atoms with van der Waals surface area (Å²) in [5.74, 6) is 2.41. The average molecular weight is 834 g/mol. The Balaban J connectivity index is 1.02. The second-order valence-corrected chi connectivity index (χ2v) is 16.0. The van der Waals surface area contributed by atoms with Crippen LogP contribution < -0.4 is 0 Å². The zero-order valence-electron chi connectivity index (χ0n) is 34.7. The normalized spacial score (nSPS) is 11.7. The fourth-order valence-corrected chi connectivity index (χ4v) is 9.28. The van der Waals surface area contributed by atoms with Gasteiger partial charge in [0, 0.05) is 61.4 Å². The van der Waals surface area contributed by atoms with Gasteiger partial charge in [-0.3, -0.25) is 9.13 Å². The van der Waals surface area contributed by atoms with Gasteiger partial charge in [-0.05, 0) is 54.6 Å². The summed E-state index contributed by atoms with van der Waals surface area (Å²) in [6, 6.07) is 68.9. The number of nitrogens with zero attached hydrogens (tertiary/aromatic N) is 9. The van der Waals surface area contributed by atoms with Crippen molar-refractivity contribution in [1.82, 2.24) is 43.6 Å². The summed E-state index contributed by atoms with van der Waals surface area (Å²) in [6.45, 7) is 0. The Bertz CT molecular complexity index is 3890. The second-order valence-electron chi connectivity index (χ2n) is 16.0. The number of rotatable bonds is 7. The number of benzene rings is 8. The summed E-state index contributed by atoms with van der Waals surface area (Å²) in [5, 5.41) is 4.48. The molecule has 0 aliphatic carbocycles. The largest absolute Gasteiger partial charge is 0.307 e. The van der Waals surface area contributed by atoms with E-state index in [1.54, 1.807) is 0 Å². The summed E-state index contributed by atoms with van der Waals surface area (Å²) in [7, 11) is 0. The number of hydrogen-bond donors (Lipinski definition) is 0. The molecule has 0 saturated carbocycles. The van der Waals surface area contributed by atoms with Gasteiger partial charge in [-0.2, -0.15) is 0 Å². The lowest BCUT2D eigenvalue weighted by Gasteiger charge is -2.13. The first-order chi connectivity index (χ1) is 32.2. The first-order valence-electron chi connectivity index (χ1n) is 21.5. The van der Waals surface area contributed by atoms with E-state index >= 15 is 0 Å². The molecule has 0 aliphatic rings. The maximum Gasteiger partial charge on any atom is 0.235 e. The molecule has 0 amide bonds. The Morgan fingerprint density at radius 2 is 0.892 bits per heavy atom. The zero-order valence-corrected chi connectivity index (χ0v) is 34.7. The fourth-order valence-electron chi connectivity index (χ4n) is 9.28. The van der Waals surface area contributed by atoms with Crippen molar-refractivity contribution in [2.45, 2.75) is 0 Å². The number of hydrogen-bond acceptors (Lipinski definition) is 6. The van der Waals surface area contributed by atoms with Crippen molar-refractivity contribution in [3.8, 4) is 62.7 Å². The van der Waals surface area contributed by atoms with Gasteiger partial charge in [-0.1, -0.05) is 146 Å². The maximum absolute atomic E-state index is 5.33. The summed E-state index contributed by atoms with van der Waals surface area (Å²) < 4.78 is 6.70. The molecule has 0 unspecified atom stereocenters. The second kappa shape index (κ2) is 14.8. The molecule has 65 heavy (non-hydrogen) atoms. The average Bonchev–Trinajstić information content (AvgIpc) is 4.07. The van der Waals surface area contributed by atoms with Gasteiger partial charge in [0.1, 0.15) is 6.33 Å². The van der Waals surface area contributed by atoms with E-state index in [2.05, 4.69) is 129 Å². The fraction of sp³-hybridized carbons (Fsp3) is 0. The van der Waals surface area contributed by atoms with E-state index in [-0.39, 0.29) is 0 Å². The SMILES string of the molecule is c1ccc(-c2nc(-c3ccccc3)nc(-c3cccc(-n4c5ccccc5c5ccc6c7ccccc7n(-c7nccc(-c8ccc9c(c8)ncn9-c8ccccc8)n7)c6c54)c3)n2)cc1. The van der Waals surface area contributed by atoms with Crippen LogP contribution in [0, 0.1) is 0 Å². The smallest absolute Gasteiger partial charge is 0.235 e. The minimum absolute atomic E-state index is 0.578. The van der Waals surface area contributed by atoms with Gasteiger partial charge in [0.05, 0.1) is 38.8 Å². The number of para-hydroxylation sites is 3. The molecular weight excluding hydrogens is 799 g/mol. The molecular formula is C56H35N9. The molecule has 0 saturated heterocycles. The van der Waals surface area contributed by atoms with Gasteiger partial charge in [0.15, 0.2) is 17.5 Å². The van der Waals surface area contributed by atoms with Crippen LogP contribution in [-0.2, 0) is 0 Å². The van der Waals surface area contributed by atoms with Crippen LogP contribution in [0.2, 0.25) is 0 Å². The highest BCUT2D eigenvalue weighted by molar-refractivity contribution is 6.23. The molecule has 0 spiro atoms. The molecule has 0 radical (unpaired) electrons. The molecule has 0 N–H and O–H groups in total. The van der Waals surface area contributed by atoms with Crippen LogP contribution in [0.3, 0.4) is 0 Å². The van der Waals surface area contributed by atoms with Crippen molar-refractivity contribution < 1.29 is 0 Å². The van der Waals surface area contributed by atoms with Crippen molar-refractivity contribution in [2.75, 3.05) is 0 Å². The van der Waals surface area contributed by atoms with E-state index in [0.717, 1.165) is 94.0 Å². The van der Waals surface area contributed by atoms with Crippen LogP contribution in [0.5, 0.6) is 0 Å². The lowest BCUT2D eigenvalue weighted by molar-refractivity contribution is 0.991. The highest BCUT2D eigenvalue weighted by Gasteiger charge is 2.23. The standard InChI is InChI=1S/C56H35N9/c1-4-15-36(16-5-1)53-60-54(37-17-6-2-7-18-37)62-55(61-53)39-19-14-22-41(33-39)64-48-25-12-10-23-42(48)44-28-29-45-43-24-11-13-26-49(43)65(52(45)51(44)64)56-57-32-31-46(59-56)38-27-30-50-47(34-38)58-35-63(50)40-20-8-3-9-21-40/h1-35H. The molecule has 13 aromatic rings. The predicted octanol–water partition coefficient (Wildman–Crippen LogP) is 12.9. The van der Waals surface area contributed by atoms with E-state index in [1.165, 1.54) is 0 Å². The lowest BCUT2D eigenvalue weighted by atomic mass is 10.1. The van der Waals surface area contributed by atoms with E-state index in [0.29, 0.717) is 23.4 Å². The Labute approximate surface area is 372 Å². The van der Waals surface area contributed by atoms with Crippen molar-refractivity contribution in [3.05, 3.63) is 213 Å². The Morgan fingerprint density at radius 1 is 0.338 bits per heavy atom. The first-order valence-corrected chi connectivity index (χ1v) is 21.5. The van der Waals surface area contributed by atoms with Gasteiger partial charge in [0.25, 0.3) is 0 Å². The van der Waals surface area contributed by atoms with Crippen LogP contribution in [0.1, 0.15) is 0 Å². The molecule has 0 fully saturated rings. The maximum atomic E-state index is 5.33. The van der Waals surface area contributed by atoms with E-state index in [4.69, 9.17) is 29.9 Å². The topological polar surface area (TPSA) is 92.1 Å². The van der Waals surface area contributed by atoms with Gasteiger partial charge in [0.2, 0.25) is 5.95 Å². The number of imidazole rings is 1. The predicted molar refractivity (Wildman–Crippen MR) is 260 cm³/mol. The van der Waals surface area contributed by atoms with Crippen LogP contribution in [0.15, 0.2) is 213 Å². The Kier molecular flexibility index (Phi) is 8.32. The Hall–Kier alpha value is -9.08. The van der Waals surface area contributed by atoms with Gasteiger partial charge < -0.3 is 4.57 Å². The highest BCUT2D eigenvalue weighted by Crippen LogP contribution is 2.42. The summed E-state index contributed by atoms with van der Waals surface area (Å²) in [4.78, 5) is 30.2. The van der Waals surface area contributed by atoms with Gasteiger partial charge in [-0.15, -0.1) is 0 Å². The third-order valence-electron chi connectivity index (χ3n) is 12.3. The van der Waals surface area contributed by atoms with E-state index < -0.39 is 0 Å². The van der Waals surface area contributed by atoms with Crippen molar-refractivity contribution in [1.29, 1.82) is 0 Å². The lowest BCUT2D eigenvalue weighted by Crippen LogP contribution is -2.04. The van der Waals surface area contributed by atoms with Crippen LogP contribution in [-0.4, -0.2) is 43.6 Å². The third kappa shape index (κ3) is 6.01. The van der Waals surface area contributed by atoms with Crippen molar-refractivity contribution in [2.24, 2.45) is 0 Å². The van der Waals surface area contributed by atoms with Gasteiger partial charge >= 0.3 is 0 Å². The van der Waals surface area contributed by atoms with E-state index in [9.17, 15) is 0 Å². The van der Waals surface area contributed by atoms with Crippen molar-refractivity contribution >= 4 is 54.6 Å². The zero-order chi connectivity index (χ0) is 42.8. The molecule has 13 rings (SSSR count). The molecule has 5 aromatic heterocycles. The monoisotopic (exact) mass is 833 g/mol. The highest BCUT2D eigenvalue weighted by atomic mass is 15.2. The molecule has 5 heterocycles. The van der Waals surface area contributed by atoms with Gasteiger partial charge in [-0.25, -0.2) is 29.9 Å². The molecule has 304 valence electrons. The minimum atomic E-state index is 0.578. The Morgan fingerprint density at radius 3 is 1.57 bits per heavy atom. The number of aromatic nitrogens is 9. The first kappa shape index (κ1) is 36.6. The van der Waals surface area contributed by atoms with Crippen LogP contribution >= 0.6 is 0 Å². The summed E-state index contributed by atoms with van der Waals surface area (Å²) in [5.41, 5.74) is 12.6. The summed E-state index contributed by atoms with van der Waals surface area (Å²) >= 11 is 0. The van der Waals surface area contributed by atoms with Crippen LogP contribution in [0.25, 0.3) is 117 Å². The third-order valence-corrected chi connectivity index (χ3v) is 12.3. The number of fused-ring (bicyclic) bond motifs is 8. The van der Waals surface area contributed by atoms with E-state index in [1.807, 2.05) is 97.5 Å².